The van der Waals surface area contributed by atoms with Crippen LogP contribution >= 0.6 is 15.9 Å². The van der Waals surface area contributed by atoms with Crippen molar-refractivity contribution in [2.75, 3.05) is 11.9 Å². The van der Waals surface area contributed by atoms with E-state index in [2.05, 4.69) is 78.4 Å². The Morgan fingerprint density at radius 2 is 1.55 bits per heavy atom. The summed E-state index contributed by atoms with van der Waals surface area (Å²) in [4.78, 5) is 0. The van der Waals surface area contributed by atoms with Crippen molar-refractivity contribution < 1.29 is 0 Å². The van der Waals surface area contributed by atoms with Crippen LogP contribution in [0.4, 0.5) is 5.69 Å². The number of benzene rings is 2. The van der Waals surface area contributed by atoms with E-state index in [4.69, 9.17) is 5.73 Å². The molecule has 0 aliphatic carbocycles. The third kappa shape index (κ3) is 3.84. The van der Waals surface area contributed by atoms with E-state index in [1.165, 1.54) is 22.3 Å². The van der Waals surface area contributed by atoms with Crippen molar-refractivity contribution in [1.82, 2.24) is 0 Å². The number of nitrogens with one attached hydrogen (secondary N) is 1. The second-order valence-electron chi connectivity index (χ2n) is 5.37. The van der Waals surface area contributed by atoms with Gasteiger partial charge in [-0.1, -0.05) is 45.3 Å². The lowest BCUT2D eigenvalue weighted by atomic mass is 10.0. The predicted octanol–water partition coefficient (Wildman–Crippen LogP) is 4.49. The summed E-state index contributed by atoms with van der Waals surface area (Å²) in [5.41, 5.74) is 12.0. The van der Waals surface area contributed by atoms with Crippen molar-refractivity contribution in [1.29, 1.82) is 0 Å². The van der Waals surface area contributed by atoms with Crippen molar-refractivity contribution in [3.05, 3.63) is 63.1 Å². The molecule has 0 spiro atoms. The summed E-state index contributed by atoms with van der Waals surface area (Å²) in [6.45, 7) is 6.89. The standard InChI is InChI=1S/C17H21BrN2/c1-11-4-12(2)6-14(5-11)17(10-19)20-16-8-13(3)7-15(18)9-16/h4-9,17,20H,10,19H2,1-3H3. The Labute approximate surface area is 129 Å². The topological polar surface area (TPSA) is 38.0 Å². The number of anilines is 1. The molecule has 0 radical (unpaired) electrons. The minimum atomic E-state index is 0.127. The minimum Gasteiger partial charge on any atom is -0.377 e. The van der Waals surface area contributed by atoms with Crippen molar-refractivity contribution in [2.45, 2.75) is 26.8 Å². The van der Waals surface area contributed by atoms with Crippen LogP contribution < -0.4 is 11.1 Å². The van der Waals surface area contributed by atoms with Gasteiger partial charge in [-0.25, -0.2) is 0 Å². The largest absolute Gasteiger partial charge is 0.377 e. The molecule has 3 N–H and O–H groups in total. The summed E-state index contributed by atoms with van der Waals surface area (Å²) in [5.74, 6) is 0. The van der Waals surface area contributed by atoms with E-state index < -0.39 is 0 Å². The SMILES string of the molecule is Cc1cc(Br)cc(NC(CN)c2cc(C)cc(C)c2)c1. The Bertz CT molecular complexity index is 567. The first-order valence-corrected chi connectivity index (χ1v) is 7.59. The molecule has 0 aliphatic rings. The summed E-state index contributed by atoms with van der Waals surface area (Å²) in [7, 11) is 0. The van der Waals surface area contributed by atoms with E-state index >= 15 is 0 Å². The average Bonchev–Trinajstić information content (AvgIpc) is 2.33. The van der Waals surface area contributed by atoms with Crippen LogP contribution in [0.2, 0.25) is 0 Å². The maximum Gasteiger partial charge on any atom is 0.0636 e. The van der Waals surface area contributed by atoms with Crippen molar-refractivity contribution in [3.63, 3.8) is 0 Å². The first kappa shape index (κ1) is 15.1. The molecule has 20 heavy (non-hydrogen) atoms. The van der Waals surface area contributed by atoms with Gasteiger partial charge in [-0.15, -0.1) is 0 Å². The minimum absolute atomic E-state index is 0.127. The third-order valence-electron chi connectivity index (χ3n) is 3.27. The van der Waals surface area contributed by atoms with Gasteiger partial charge in [0.05, 0.1) is 6.04 Å². The summed E-state index contributed by atoms with van der Waals surface area (Å²) in [6.07, 6.45) is 0. The molecular weight excluding hydrogens is 312 g/mol. The van der Waals surface area contributed by atoms with Gasteiger partial charge >= 0.3 is 0 Å². The highest BCUT2D eigenvalue weighted by Crippen LogP contribution is 2.24. The number of hydrogen-bond acceptors (Lipinski definition) is 2. The predicted molar refractivity (Wildman–Crippen MR) is 90.2 cm³/mol. The Morgan fingerprint density at radius 1 is 0.950 bits per heavy atom. The summed E-state index contributed by atoms with van der Waals surface area (Å²) in [6, 6.07) is 13.0. The second-order valence-corrected chi connectivity index (χ2v) is 6.29. The van der Waals surface area contributed by atoms with Crippen molar-refractivity contribution in [3.8, 4) is 0 Å². The number of rotatable bonds is 4. The molecule has 0 aromatic heterocycles. The van der Waals surface area contributed by atoms with Crippen molar-refractivity contribution >= 4 is 21.6 Å². The molecule has 0 aliphatic heterocycles. The van der Waals surface area contributed by atoms with Gasteiger partial charge in [-0.2, -0.15) is 0 Å². The molecule has 0 saturated heterocycles. The number of aryl methyl sites for hydroxylation is 3. The quantitative estimate of drug-likeness (QED) is 0.865. The number of halogens is 1. The number of nitrogens with two attached hydrogens (primary N) is 1. The maximum absolute atomic E-state index is 5.95. The normalized spacial score (nSPS) is 12.2. The van der Waals surface area contributed by atoms with Crippen LogP contribution in [-0.4, -0.2) is 6.54 Å². The lowest BCUT2D eigenvalue weighted by Crippen LogP contribution is -2.20. The highest BCUT2D eigenvalue weighted by atomic mass is 79.9. The first-order chi connectivity index (χ1) is 9.47. The Balaban J connectivity index is 2.28. The van der Waals surface area contributed by atoms with E-state index in [1.807, 2.05) is 0 Å². The molecule has 0 bridgehead atoms. The maximum atomic E-state index is 5.95. The van der Waals surface area contributed by atoms with Crippen LogP contribution in [0.15, 0.2) is 40.9 Å². The number of hydrogen-bond donors (Lipinski definition) is 2. The van der Waals surface area contributed by atoms with Crippen LogP contribution in [0.25, 0.3) is 0 Å². The van der Waals surface area contributed by atoms with Crippen LogP contribution in [-0.2, 0) is 0 Å². The first-order valence-electron chi connectivity index (χ1n) is 6.80. The molecule has 3 heteroatoms. The van der Waals surface area contributed by atoms with E-state index in [9.17, 15) is 0 Å². The highest BCUT2D eigenvalue weighted by Gasteiger charge is 2.11. The molecule has 0 fully saturated rings. The van der Waals surface area contributed by atoms with Crippen LogP contribution in [0.5, 0.6) is 0 Å². The van der Waals surface area contributed by atoms with E-state index in [-0.39, 0.29) is 6.04 Å². The average molecular weight is 333 g/mol. The Hall–Kier alpha value is -1.32. The summed E-state index contributed by atoms with van der Waals surface area (Å²) in [5, 5.41) is 3.53. The van der Waals surface area contributed by atoms with Gasteiger partial charge in [0.25, 0.3) is 0 Å². The molecule has 2 aromatic carbocycles. The van der Waals surface area contributed by atoms with Gasteiger partial charge < -0.3 is 11.1 Å². The van der Waals surface area contributed by atoms with E-state index in [0.29, 0.717) is 6.54 Å². The lowest BCUT2D eigenvalue weighted by molar-refractivity contribution is 0.787. The molecule has 0 amide bonds. The molecular formula is C17H21BrN2. The van der Waals surface area contributed by atoms with Crippen LogP contribution in [0, 0.1) is 20.8 Å². The zero-order chi connectivity index (χ0) is 14.7. The summed E-state index contributed by atoms with van der Waals surface area (Å²) >= 11 is 3.53. The second kappa shape index (κ2) is 6.42. The zero-order valence-corrected chi connectivity index (χ0v) is 13.8. The Kier molecular flexibility index (Phi) is 4.84. The van der Waals surface area contributed by atoms with Gasteiger partial charge in [0, 0.05) is 16.7 Å². The Morgan fingerprint density at radius 3 is 2.10 bits per heavy atom. The molecule has 1 atom stereocenters. The molecule has 1 unspecified atom stereocenters. The van der Waals surface area contributed by atoms with Crippen molar-refractivity contribution in [2.24, 2.45) is 5.73 Å². The molecule has 106 valence electrons. The van der Waals surface area contributed by atoms with Gasteiger partial charge in [0.2, 0.25) is 0 Å². The van der Waals surface area contributed by atoms with E-state index in [0.717, 1.165) is 10.2 Å². The monoisotopic (exact) mass is 332 g/mol. The molecule has 2 nitrogen and oxygen atoms in total. The highest BCUT2D eigenvalue weighted by molar-refractivity contribution is 9.10. The molecule has 2 aromatic rings. The summed E-state index contributed by atoms with van der Waals surface area (Å²) < 4.78 is 1.08. The molecule has 0 saturated carbocycles. The van der Waals surface area contributed by atoms with Gasteiger partial charge in [-0.3, -0.25) is 0 Å². The van der Waals surface area contributed by atoms with Gasteiger partial charge in [0.15, 0.2) is 0 Å². The fourth-order valence-corrected chi connectivity index (χ4v) is 3.12. The molecule has 0 heterocycles. The fraction of sp³-hybridized carbons (Fsp3) is 0.294. The van der Waals surface area contributed by atoms with Crippen LogP contribution in [0.3, 0.4) is 0 Å². The third-order valence-corrected chi connectivity index (χ3v) is 3.72. The smallest absolute Gasteiger partial charge is 0.0636 e. The van der Waals surface area contributed by atoms with Crippen LogP contribution in [0.1, 0.15) is 28.3 Å². The fourth-order valence-electron chi connectivity index (χ4n) is 2.51. The molecule has 2 rings (SSSR count). The zero-order valence-electron chi connectivity index (χ0n) is 12.2. The van der Waals surface area contributed by atoms with Gasteiger partial charge in [-0.05, 0) is 50.1 Å². The van der Waals surface area contributed by atoms with Gasteiger partial charge in [0.1, 0.15) is 0 Å². The lowest BCUT2D eigenvalue weighted by Gasteiger charge is -2.20. The van der Waals surface area contributed by atoms with E-state index in [1.54, 1.807) is 0 Å².